The second-order valence-corrected chi connectivity index (χ2v) is 8.39. The van der Waals surface area contributed by atoms with Gasteiger partial charge in [-0.15, -0.1) is 11.8 Å². The molecule has 1 fully saturated rings. The highest BCUT2D eigenvalue weighted by Crippen LogP contribution is 2.34. The number of ether oxygens (including phenoxy) is 1. The van der Waals surface area contributed by atoms with Gasteiger partial charge in [0.25, 0.3) is 0 Å². The Hall–Kier alpha value is -3.66. The number of anilines is 2. The molecule has 1 aliphatic heterocycles. The van der Waals surface area contributed by atoms with Crippen molar-refractivity contribution >= 4 is 52.8 Å². The maximum atomic E-state index is 12.9. The van der Waals surface area contributed by atoms with Gasteiger partial charge in [-0.25, -0.2) is 9.69 Å². The van der Waals surface area contributed by atoms with Crippen LogP contribution >= 0.6 is 11.8 Å². The van der Waals surface area contributed by atoms with E-state index >= 15 is 0 Å². The van der Waals surface area contributed by atoms with Crippen LogP contribution in [0.1, 0.15) is 36.5 Å². The second-order valence-electron chi connectivity index (χ2n) is 7.11. The Morgan fingerprint density at radius 1 is 1.06 bits per heavy atom. The first-order chi connectivity index (χ1) is 15.8. The van der Waals surface area contributed by atoms with E-state index in [2.05, 4.69) is 5.32 Å². The number of hydrogen-bond donors (Lipinski definition) is 2. The summed E-state index contributed by atoms with van der Waals surface area (Å²) in [6, 6.07) is 12.8. The molecule has 1 atom stereocenters. The van der Waals surface area contributed by atoms with Crippen LogP contribution in [0.4, 0.5) is 11.4 Å². The van der Waals surface area contributed by atoms with Crippen molar-refractivity contribution in [1.82, 2.24) is 0 Å². The molecule has 0 spiro atoms. The van der Waals surface area contributed by atoms with Crippen LogP contribution in [-0.4, -0.2) is 46.6 Å². The monoisotopic (exact) mass is 470 g/mol. The summed E-state index contributed by atoms with van der Waals surface area (Å²) in [6.45, 7) is 1.96. The number of nitrogens with zero attached hydrogens (tertiary/aromatic N) is 1. The molecule has 2 aromatic carbocycles. The minimum absolute atomic E-state index is 0.0385. The summed E-state index contributed by atoms with van der Waals surface area (Å²) in [7, 11) is 0. The lowest BCUT2D eigenvalue weighted by molar-refractivity contribution is -0.138. The van der Waals surface area contributed by atoms with E-state index in [9.17, 15) is 24.0 Å². The fraction of sp³-hybridized carbons (Fsp3) is 0.261. The molecule has 172 valence electrons. The summed E-state index contributed by atoms with van der Waals surface area (Å²) in [5.74, 6) is -2.60. The highest BCUT2D eigenvalue weighted by atomic mass is 32.2. The molecule has 1 unspecified atom stereocenters. The zero-order chi connectivity index (χ0) is 24.0. The smallest absolute Gasteiger partial charge is 0.338 e. The first kappa shape index (κ1) is 24.0. The minimum Gasteiger partial charge on any atom is -0.481 e. The molecule has 0 aliphatic carbocycles. The van der Waals surface area contributed by atoms with Crippen LogP contribution < -0.4 is 10.2 Å². The van der Waals surface area contributed by atoms with Gasteiger partial charge >= 0.3 is 11.9 Å². The lowest BCUT2D eigenvalue weighted by Gasteiger charge is -2.15. The molecule has 0 saturated carbocycles. The normalized spacial score (nSPS) is 15.4. The minimum atomic E-state index is -1.04. The maximum absolute atomic E-state index is 12.9. The largest absolute Gasteiger partial charge is 0.481 e. The van der Waals surface area contributed by atoms with E-state index in [1.54, 1.807) is 31.2 Å². The van der Waals surface area contributed by atoms with Crippen LogP contribution in [-0.2, 0) is 23.9 Å². The van der Waals surface area contributed by atoms with E-state index < -0.39 is 23.1 Å². The lowest BCUT2D eigenvalue weighted by atomic mass is 10.2. The van der Waals surface area contributed by atoms with Gasteiger partial charge in [0.05, 0.1) is 29.5 Å². The number of rotatable bonds is 9. The summed E-state index contributed by atoms with van der Waals surface area (Å²) in [6.07, 6.45) is -0.336. The Morgan fingerprint density at radius 2 is 1.73 bits per heavy atom. The average Bonchev–Trinajstić information content (AvgIpc) is 3.06. The summed E-state index contributed by atoms with van der Waals surface area (Å²) in [5, 5.41) is 10.6. The molecular weight excluding hydrogens is 448 g/mol. The summed E-state index contributed by atoms with van der Waals surface area (Å²) >= 11 is 1.24. The topological polar surface area (TPSA) is 130 Å². The number of nitrogens with one attached hydrogen (secondary N) is 1. The van der Waals surface area contributed by atoms with Crippen molar-refractivity contribution in [3.63, 3.8) is 0 Å². The number of benzene rings is 2. The third-order valence-corrected chi connectivity index (χ3v) is 5.92. The maximum Gasteiger partial charge on any atom is 0.338 e. The van der Waals surface area contributed by atoms with Gasteiger partial charge in [-0.05, 0) is 55.5 Å². The third-order valence-electron chi connectivity index (χ3n) is 4.72. The number of carboxylic acid groups (broad SMARTS) is 1. The third kappa shape index (κ3) is 6.19. The second kappa shape index (κ2) is 10.8. The van der Waals surface area contributed by atoms with Gasteiger partial charge in [-0.2, -0.15) is 0 Å². The van der Waals surface area contributed by atoms with E-state index in [0.717, 1.165) is 9.80 Å². The molecule has 1 heterocycles. The van der Waals surface area contributed by atoms with Crippen molar-refractivity contribution < 1.29 is 33.8 Å². The standard InChI is InChI=1S/C23H22N2O7S/c1-2-32-23(31)14-3-7-16(8-4-14)25-20(27)13-18(22(25)30)33-17-9-5-15(6-10-17)24-19(26)11-12-21(28)29/h3-10,18H,2,11-13H2,1H3,(H,24,26)(H,28,29). The molecule has 1 saturated heterocycles. The Labute approximate surface area is 194 Å². The number of imide groups is 1. The van der Waals surface area contributed by atoms with Crippen LogP contribution in [0.5, 0.6) is 0 Å². The number of carbonyl (C=O) groups excluding carboxylic acids is 4. The van der Waals surface area contributed by atoms with Gasteiger partial charge in [0.2, 0.25) is 17.7 Å². The fourth-order valence-corrected chi connectivity index (χ4v) is 4.21. The molecule has 33 heavy (non-hydrogen) atoms. The SMILES string of the molecule is CCOC(=O)c1ccc(N2C(=O)CC(Sc3ccc(NC(=O)CCC(=O)O)cc3)C2=O)cc1. The Balaban J connectivity index is 1.61. The number of carboxylic acids is 1. The predicted molar refractivity (Wildman–Crippen MR) is 121 cm³/mol. The zero-order valence-corrected chi connectivity index (χ0v) is 18.6. The van der Waals surface area contributed by atoms with Crippen LogP contribution in [0.15, 0.2) is 53.4 Å². The van der Waals surface area contributed by atoms with Crippen LogP contribution in [0.3, 0.4) is 0 Å². The number of thioether (sulfide) groups is 1. The summed E-state index contributed by atoms with van der Waals surface area (Å²) in [5.41, 5.74) is 1.23. The van der Waals surface area contributed by atoms with Crippen LogP contribution in [0.2, 0.25) is 0 Å². The molecule has 0 aromatic heterocycles. The van der Waals surface area contributed by atoms with E-state index in [4.69, 9.17) is 9.84 Å². The molecule has 0 bridgehead atoms. The van der Waals surface area contributed by atoms with Gasteiger partial charge in [-0.1, -0.05) is 0 Å². The van der Waals surface area contributed by atoms with Gasteiger partial charge in [0.1, 0.15) is 0 Å². The number of carbonyl (C=O) groups is 5. The Morgan fingerprint density at radius 3 is 2.33 bits per heavy atom. The first-order valence-corrected chi connectivity index (χ1v) is 11.1. The molecule has 2 aromatic rings. The molecule has 9 nitrogen and oxygen atoms in total. The highest BCUT2D eigenvalue weighted by molar-refractivity contribution is 8.00. The molecule has 10 heteroatoms. The Bertz CT molecular complexity index is 1070. The predicted octanol–water partition coefficient (Wildman–Crippen LogP) is 3.09. The fourth-order valence-electron chi connectivity index (χ4n) is 3.15. The summed E-state index contributed by atoms with van der Waals surface area (Å²) < 4.78 is 4.93. The van der Waals surface area contributed by atoms with Crippen molar-refractivity contribution in [2.45, 2.75) is 36.3 Å². The van der Waals surface area contributed by atoms with Crippen molar-refractivity contribution in [1.29, 1.82) is 0 Å². The van der Waals surface area contributed by atoms with Gasteiger partial charge in [0, 0.05) is 23.4 Å². The quantitative estimate of drug-likeness (QED) is 0.422. The van der Waals surface area contributed by atoms with Crippen molar-refractivity contribution in [3.05, 3.63) is 54.1 Å². The molecule has 2 N–H and O–H groups in total. The number of aliphatic carboxylic acids is 1. The van der Waals surface area contributed by atoms with E-state index in [0.29, 0.717) is 16.9 Å². The molecular formula is C23H22N2O7S. The number of esters is 1. The van der Waals surface area contributed by atoms with Crippen molar-refractivity contribution in [3.8, 4) is 0 Å². The van der Waals surface area contributed by atoms with Gasteiger partial charge < -0.3 is 15.2 Å². The van der Waals surface area contributed by atoms with Gasteiger partial charge in [0.15, 0.2) is 0 Å². The number of amides is 3. The molecule has 3 rings (SSSR count). The van der Waals surface area contributed by atoms with Crippen molar-refractivity contribution in [2.24, 2.45) is 0 Å². The summed E-state index contributed by atoms with van der Waals surface area (Å²) in [4.78, 5) is 61.3. The average molecular weight is 471 g/mol. The molecule has 3 amide bonds. The molecule has 1 aliphatic rings. The highest BCUT2D eigenvalue weighted by Gasteiger charge is 2.40. The van der Waals surface area contributed by atoms with E-state index in [1.165, 1.54) is 36.0 Å². The Kier molecular flexibility index (Phi) is 7.83. The van der Waals surface area contributed by atoms with Crippen LogP contribution in [0, 0.1) is 0 Å². The zero-order valence-electron chi connectivity index (χ0n) is 17.8. The number of hydrogen-bond acceptors (Lipinski definition) is 7. The molecule has 0 radical (unpaired) electrons. The lowest BCUT2D eigenvalue weighted by Crippen LogP contribution is -2.31. The van der Waals surface area contributed by atoms with Gasteiger partial charge in [-0.3, -0.25) is 19.2 Å². The van der Waals surface area contributed by atoms with E-state index in [-0.39, 0.29) is 37.7 Å². The van der Waals surface area contributed by atoms with Crippen molar-refractivity contribution in [2.75, 3.05) is 16.8 Å². The first-order valence-electron chi connectivity index (χ1n) is 10.2. The van der Waals surface area contributed by atoms with E-state index in [1.807, 2.05) is 0 Å². The van der Waals surface area contributed by atoms with Crippen LogP contribution in [0.25, 0.3) is 0 Å².